The molecule has 0 aliphatic carbocycles. The largest absolute Gasteiger partial charge is 0.508 e. The summed E-state index contributed by atoms with van der Waals surface area (Å²) in [5, 5.41) is 39.2. The molecule has 0 fully saturated rings. The van der Waals surface area contributed by atoms with Crippen molar-refractivity contribution in [3.8, 4) is 23.0 Å². The number of hydrogen-bond donors (Lipinski definition) is 4. The van der Waals surface area contributed by atoms with Gasteiger partial charge >= 0.3 is 0 Å². The van der Waals surface area contributed by atoms with Gasteiger partial charge in [0, 0.05) is 5.56 Å². The fraction of sp³-hybridized carbons (Fsp3) is 0.286. The highest BCUT2D eigenvalue weighted by Gasteiger charge is 2.18. The van der Waals surface area contributed by atoms with Gasteiger partial charge in [-0.05, 0) is 67.5 Å². The van der Waals surface area contributed by atoms with Crippen molar-refractivity contribution < 1.29 is 25.2 Å². The molecule has 1 unspecified atom stereocenters. The Kier molecular flexibility index (Phi) is 5.93. The molecule has 0 aliphatic heterocycles. The third-order valence-corrected chi connectivity index (χ3v) is 4.73. The van der Waals surface area contributed by atoms with Crippen LogP contribution in [0.5, 0.6) is 23.0 Å². The number of carbonyl (C=O) groups excluding carboxylic acids is 1. The van der Waals surface area contributed by atoms with Crippen molar-refractivity contribution in [2.45, 2.75) is 33.6 Å². The van der Waals surface area contributed by atoms with E-state index in [-0.39, 0.29) is 34.5 Å². The van der Waals surface area contributed by atoms with Crippen molar-refractivity contribution in [1.29, 1.82) is 0 Å². The lowest BCUT2D eigenvalue weighted by atomic mass is 9.90. The van der Waals surface area contributed by atoms with E-state index >= 15 is 0 Å². The monoisotopic (exact) mass is 356 g/mol. The number of aromatic hydroxyl groups is 4. The first-order chi connectivity index (χ1) is 12.3. The standard InChI is InChI=1S/C21H24O5/c1-12(4-6-15-10-16(23)7-9-19(15)24)5-8-17-13(2)18(11-22)21(26)20(25)14(17)3/h4,6-7,9-12,23-26H,5,8H2,1-3H3/b6-4-. The molecule has 2 aromatic rings. The summed E-state index contributed by atoms with van der Waals surface area (Å²) in [4.78, 5) is 11.2. The van der Waals surface area contributed by atoms with Crippen LogP contribution in [0.3, 0.4) is 0 Å². The fourth-order valence-corrected chi connectivity index (χ4v) is 3.00. The number of benzene rings is 2. The number of phenols is 4. The van der Waals surface area contributed by atoms with Gasteiger partial charge in [0.2, 0.25) is 0 Å². The molecule has 5 nitrogen and oxygen atoms in total. The first-order valence-electron chi connectivity index (χ1n) is 8.45. The SMILES string of the molecule is Cc1c(O)c(O)c(C=O)c(C)c1CCC(C)/C=C\c1cc(O)ccc1O. The minimum atomic E-state index is -0.369. The minimum absolute atomic E-state index is 0.0855. The van der Waals surface area contributed by atoms with Crippen molar-refractivity contribution in [3.63, 3.8) is 0 Å². The highest BCUT2D eigenvalue weighted by Crippen LogP contribution is 2.37. The van der Waals surface area contributed by atoms with Crippen LogP contribution in [0.2, 0.25) is 0 Å². The zero-order chi connectivity index (χ0) is 19.4. The molecule has 2 aromatic carbocycles. The first-order valence-corrected chi connectivity index (χ1v) is 8.45. The zero-order valence-electron chi connectivity index (χ0n) is 15.2. The van der Waals surface area contributed by atoms with Crippen LogP contribution in [0.1, 0.15) is 46.0 Å². The average molecular weight is 356 g/mol. The molecular weight excluding hydrogens is 332 g/mol. The Morgan fingerprint density at radius 2 is 1.73 bits per heavy atom. The van der Waals surface area contributed by atoms with Crippen LogP contribution in [0.4, 0.5) is 0 Å². The van der Waals surface area contributed by atoms with Crippen LogP contribution in [0.25, 0.3) is 6.08 Å². The van der Waals surface area contributed by atoms with Gasteiger partial charge in [0.25, 0.3) is 0 Å². The van der Waals surface area contributed by atoms with Gasteiger partial charge in [0.1, 0.15) is 11.5 Å². The Hall–Kier alpha value is -2.95. The summed E-state index contributed by atoms with van der Waals surface area (Å²) >= 11 is 0. The normalized spacial score (nSPS) is 12.4. The molecule has 138 valence electrons. The minimum Gasteiger partial charge on any atom is -0.508 e. The van der Waals surface area contributed by atoms with Crippen molar-refractivity contribution in [2.75, 3.05) is 0 Å². The van der Waals surface area contributed by atoms with Crippen molar-refractivity contribution in [2.24, 2.45) is 5.92 Å². The molecule has 5 heteroatoms. The van der Waals surface area contributed by atoms with E-state index in [1.54, 1.807) is 19.9 Å². The van der Waals surface area contributed by atoms with Crippen molar-refractivity contribution in [1.82, 2.24) is 0 Å². The number of phenolic OH excluding ortho intramolecular Hbond substituents is 4. The summed E-state index contributed by atoms with van der Waals surface area (Å²) < 4.78 is 0. The third-order valence-electron chi connectivity index (χ3n) is 4.73. The molecule has 2 rings (SSSR count). The molecule has 0 aromatic heterocycles. The maximum Gasteiger partial charge on any atom is 0.168 e. The van der Waals surface area contributed by atoms with E-state index in [2.05, 4.69) is 0 Å². The Balaban J connectivity index is 2.16. The molecular formula is C21H24O5. The van der Waals surface area contributed by atoms with Crippen LogP contribution < -0.4 is 0 Å². The van der Waals surface area contributed by atoms with Crippen LogP contribution >= 0.6 is 0 Å². The zero-order valence-corrected chi connectivity index (χ0v) is 15.2. The molecule has 4 N–H and O–H groups in total. The Bertz CT molecular complexity index is 852. The summed E-state index contributed by atoms with van der Waals surface area (Å²) in [6.07, 6.45) is 5.62. The van der Waals surface area contributed by atoms with Crippen molar-refractivity contribution >= 4 is 12.4 Å². The molecule has 0 radical (unpaired) electrons. The summed E-state index contributed by atoms with van der Waals surface area (Å²) in [5.74, 6) is -0.280. The molecule has 0 bridgehead atoms. The van der Waals surface area contributed by atoms with Gasteiger partial charge in [-0.2, -0.15) is 0 Å². The summed E-state index contributed by atoms with van der Waals surface area (Å²) in [6.45, 7) is 5.50. The molecule has 0 amide bonds. The lowest BCUT2D eigenvalue weighted by Crippen LogP contribution is -2.02. The van der Waals surface area contributed by atoms with Gasteiger partial charge in [-0.3, -0.25) is 4.79 Å². The molecule has 26 heavy (non-hydrogen) atoms. The highest BCUT2D eigenvalue weighted by molar-refractivity contribution is 5.84. The molecule has 0 saturated heterocycles. The van der Waals surface area contributed by atoms with E-state index < -0.39 is 0 Å². The van der Waals surface area contributed by atoms with Gasteiger partial charge in [-0.25, -0.2) is 0 Å². The van der Waals surface area contributed by atoms with E-state index in [0.717, 1.165) is 12.0 Å². The number of hydrogen-bond acceptors (Lipinski definition) is 5. The lowest BCUT2D eigenvalue weighted by Gasteiger charge is -2.16. The quantitative estimate of drug-likeness (QED) is 0.353. The van der Waals surface area contributed by atoms with E-state index in [1.807, 2.05) is 13.0 Å². The maximum absolute atomic E-state index is 11.2. The van der Waals surface area contributed by atoms with Gasteiger partial charge in [0.15, 0.2) is 17.8 Å². The molecule has 0 aliphatic rings. The second-order valence-electron chi connectivity index (χ2n) is 6.58. The van der Waals surface area contributed by atoms with E-state index in [1.165, 1.54) is 18.2 Å². The topological polar surface area (TPSA) is 98.0 Å². The summed E-state index contributed by atoms with van der Waals surface area (Å²) in [6, 6.07) is 4.34. The Morgan fingerprint density at radius 3 is 2.38 bits per heavy atom. The average Bonchev–Trinajstić information content (AvgIpc) is 2.61. The fourth-order valence-electron chi connectivity index (χ4n) is 3.00. The van der Waals surface area contributed by atoms with Crippen LogP contribution in [0, 0.1) is 19.8 Å². The number of rotatable bonds is 6. The van der Waals surface area contributed by atoms with E-state index in [9.17, 15) is 25.2 Å². The molecule has 0 heterocycles. The number of allylic oxidation sites excluding steroid dienone is 1. The molecule has 0 saturated carbocycles. The van der Waals surface area contributed by atoms with Crippen molar-refractivity contribution in [3.05, 3.63) is 52.1 Å². The third kappa shape index (κ3) is 3.99. The van der Waals surface area contributed by atoms with Gasteiger partial charge in [-0.1, -0.05) is 19.1 Å². The van der Waals surface area contributed by atoms with Crippen LogP contribution in [-0.4, -0.2) is 26.7 Å². The number of aldehydes is 1. The van der Waals surface area contributed by atoms with Crippen LogP contribution in [-0.2, 0) is 6.42 Å². The first kappa shape index (κ1) is 19.4. The lowest BCUT2D eigenvalue weighted by molar-refractivity contribution is 0.111. The highest BCUT2D eigenvalue weighted by atomic mass is 16.3. The summed E-state index contributed by atoms with van der Waals surface area (Å²) in [7, 11) is 0. The van der Waals surface area contributed by atoms with E-state index in [4.69, 9.17) is 0 Å². The predicted octanol–water partition coefficient (Wildman–Crippen LogP) is 4.22. The second kappa shape index (κ2) is 7.95. The second-order valence-corrected chi connectivity index (χ2v) is 6.58. The maximum atomic E-state index is 11.2. The smallest absolute Gasteiger partial charge is 0.168 e. The van der Waals surface area contributed by atoms with Gasteiger partial charge in [0.05, 0.1) is 5.56 Å². The van der Waals surface area contributed by atoms with E-state index in [0.29, 0.717) is 29.4 Å². The Morgan fingerprint density at radius 1 is 1.04 bits per heavy atom. The number of carbonyl (C=O) groups is 1. The molecule has 1 atom stereocenters. The molecule has 0 spiro atoms. The Labute approximate surface area is 152 Å². The van der Waals surface area contributed by atoms with Gasteiger partial charge in [-0.15, -0.1) is 0 Å². The van der Waals surface area contributed by atoms with Gasteiger partial charge < -0.3 is 20.4 Å². The predicted molar refractivity (Wildman–Crippen MR) is 101 cm³/mol. The van der Waals surface area contributed by atoms with Crippen LogP contribution in [0.15, 0.2) is 24.3 Å². The summed E-state index contributed by atoms with van der Waals surface area (Å²) in [5.41, 5.74) is 2.76.